The van der Waals surface area contributed by atoms with E-state index in [0.717, 1.165) is 12.1 Å². The lowest BCUT2D eigenvalue weighted by Gasteiger charge is -2.24. The van der Waals surface area contributed by atoms with E-state index in [0.29, 0.717) is 18.4 Å². The van der Waals surface area contributed by atoms with Gasteiger partial charge in [-0.3, -0.25) is 14.9 Å². The number of nitro benzene ring substituents is 1. The summed E-state index contributed by atoms with van der Waals surface area (Å²) >= 11 is 0. The minimum Gasteiger partial charge on any atom is -0.481 e. The first-order valence-corrected chi connectivity index (χ1v) is 5.96. The van der Waals surface area contributed by atoms with Gasteiger partial charge in [0.25, 0.3) is 0 Å². The van der Waals surface area contributed by atoms with Crippen LogP contribution in [-0.2, 0) is 11.2 Å². The molecule has 0 radical (unpaired) electrons. The molecule has 0 amide bonds. The molecule has 1 N–H and O–H groups in total. The van der Waals surface area contributed by atoms with Crippen LogP contribution in [0.15, 0.2) is 18.2 Å². The summed E-state index contributed by atoms with van der Waals surface area (Å²) in [6.07, 6.45) is 1.30. The predicted octanol–water partition coefficient (Wildman–Crippen LogP) is 3.17. The van der Waals surface area contributed by atoms with Gasteiger partial charge >= 0.3 is 11.7 Å². The van der Waals surface area contributed by atoms with Crippen molar-refractivity contribution in [3.8, 4) is 0 Å². The van der Waals surface area contributed by atoms with Crippen LogP contribution in [0.4, 0.5) is 10.1 Å². The van der Waals surface area contributed by atoms with E-state index in [9.17, 15) is 24.4 Å². The fourth-order valence-electron chi connectivity index (χ4n) is 2.08. The van der Waals surface area contributed by atoms with Gasteiger partial charge in [0.2, 0.25) is 5.82 Å². The van der Waals surface area contributed by atoms with Crippen LogP contribution in [-0.4, -0.2) is 16.0 Å². The molecule has 0 bridgehead atoms. The van der Waals surface area contributed by atoms with Gasteiger partial charge in [-0.05, 0) is 31.4 Å². The number of halogens is 1. The lowest BCUT2D eigenvalue weighted by molar-refractivity contribution is -0.387. The monoisotopic (exact) mass is 269 g/mol. The second-order valence-electron chi connectivity index (χ2n) is 4.84. The lowest BCUT2D eigenvalue weighted by atomic mass is 9.80. The number of benzene rings is 1. The number of nitro groups is 1. The highest BCUT2D eigenvalue weighted by Crippen LogP contribution is 2.30. The Hall–Kier alpha value is -1.98. The summed E-state index contributed by atoms with van der Waals surface area (Å²) in [7, 11) is 0. The van der Waals surface area contributed by atoms with E-state index >= 15 is 0 Å². The van der Waals surface area contributed by atoms with E-state index in [2.05, 4.69) is 0 Å². The molecule has 104 valence electrons. The second-order valence-corrected chi connectivity index (χ2v) is 4.84. The van der Waals surface area contributed by atoms with Crippen LogP contribution in [0.5, 0.6) is 0 Å². The van der Waals surface area contributed by atoms with Crippen molar-refractivity contribution in [2.24, 2.45) is 5.41 Å². The summed E-state index contributed by atoms with van der Waals surface area (Å²) in [6, 6.07) is 3.51. The molecule has 19 heavy (non-hydrogen) atoms. The number of carbonyl (C=O) groups is 1. The van der Waals surface area contributed by atoms with Crippen LogP contribution in [0, 0.1) is 21.3 Å². The van der Waals surface area contributed by atoms with Gasteiger partial charge in [-0.15, -0.1) is 0 Å². The summed E-state index contributed by atoms with van der Waals surface area (Å²) in [5.41, 5.74) is -1.14. The predicted molar refractivity (Wildman–Crippen MR) is 67.4 cm³/mol. The van der Waals surface area contributed by atoms with Gasteiger partial charge in [0.15, 0.2) is 0 Å². The summed E-state index contributed by atoms with van der Waals surface area (Å²) in [5.74, 6) is -1.89. The van der Waals surface area contributed by atoms with E-state index in [1.807, 2.05) is 6.92 Å². The number of carboxylic acid groups (broad SMARTS) is 1. The van der Waals surface area contributed by atoms with Crippen molar-refractivity contribution in [3.05, 3.63) is 39.7 Å². The molecule has 0 aliphatic rings. The summed E-state index contributed by atoms with van der Waals surface area (Å²) in [5, 5.41) is 19.7. The molecule has 1 rings (SSSR count). The van der Waals surface area contributed by atoms with Crippen LogP contribution in [0.2, 0.25) is 0 Å². The van der Waals surface area contributed by atoms with Crippen molar-refractivity contribution < 1.29 is 19.2 Å². The maximum absolute atomic E-state index is 13.5. The smallest absolute Gasteiger partial charge is 0.309 e. The zero-order valence-electron chi connectivity index (χ0n) is 10.9. The first-order valence-electron chi connectivity index (χ1n) is 5.96. The van der Waals surface area contributed by atoms with Gasteiger partial charge in [-0.2, -0.15) is 4.39 Å². The Morgan fingerprint density at radius 3 is 2.58 bits per heavy atom. The first-order chi connectivity index (χ1) is 8.80. The molecule has 0 spiro atoms. The molecule has 0 heterocycles. The van der Waals surface area contributed by atoms with E-state index in [1.165, 1.54) is 6.07 Å². The number of nitrogens with zero attached hydrogens (tertiary/aromatic N) is 1. The number of rotatable bonds is 6. The van der Waals surface area contributed by atoms with Gasteiger partial charge in [-0.1, -0.05) is 19.4 Å². The Labute approximate surface area is 110 Å². The third-order valence-corrected chi connectivity index (χ3v) is 3.12. The van der Waals surface area contributed by atoms with Gasteiger partial charge < -0.3 is 5.11 Å². The zero-order chi connectivity index (χ0) is 14.6. The van der Waals surface area contributed by atoms with Gasteiger partial charge in [0.1, 0.15) is 0 Å². The normalized spacial score (nSPS) is 13.8. The molecule has 0 aliphatic heterocycles. The quantitative estimate of drug-likeness (QED) is 0.635. The Morgan fingerprint density at radius 2 is 2.16 bits per heavy atom. The molecule has 0 aliphatic carbocycles. The molecular weight excluding hydrogens is 253 g/mol. The van der Waals surface area contributed by atoms with Crippen LogP contribution < -0.4 is 0 Å². The second kappa shape index (κ2) is 5.77. The average molecular weight is 269 g/mol. The summed E-state index contributed by atoms with van der Waals surface area (Å²) in [6.45, 7) is 3.47. The number of hydrogen-bond donors (Lipinski definition) is 1. The maximum Gasteiger partial charge on any atom is 0.309 e. The Bertz CT molecular complexity index is 503. The van der Waals surface area contributed by atoms with Crippen molar-refractivity contribution >= 4 is 11.7 Å². The standard InChI is InChI=1S/C13H16FNO4/c1-3-6-13(2,12(16)17)8-9-4-5-11(15(18)19)10(14)7-9/h4-5,7H,3,6,8H2,1-2H3,(H,16,17). The minimum atomic E-state index is -0.989. The van der Waals surface area contributed by atoms with Crippen molar-refractivity contribution in [2.75, 3.05) is 0 Å². The Balaban J connectivity index is 3.02. The molecule has 5 nitrogen and oxygen atoms in total. The lowest BCUT2D eigenvalue weighted by Crippen LogP contribution is -2.29. The molecule has 0 saturated heterocycles. The highest BCUT2D eigenvalue weighted by molar-refractivity contribution is 5.74. The average Bonchev–Trinajstić information content (AvgIpc) is 2.28. The van der Waals surface area contributed by atoms with Crippen LogP contribution in [0.1, 0.15) is 32.3 Å². The highest BCUT2D eigenvalue weighted by Gasteiger charge is 2.32. The van der Waals surface area contributed by atoms with Crippen molar-refractivity contribution in [1.29, 1.82) is 0 Å². The molecule has 0 aromatic heterocycles. The van der Waals surface area contributed by atoms with Crippen molar-refractivity contribution in [3.63, 3.8) is 0 Å². The largest absolute Gasteiger partial charge is 0.481 e. The molecule has 1 aromatic rings. The topological polar surface area (TPSA) is 80.4 Å². The van der Waals surface area contributed by atoms with Gasteiger partial charge in [0.05, 0.1) is 10.3 Å². The molecule has 1 aromatic carbocycles. The van der Waals surface area contributed by atoms with Gasteiger partial charge in [0, 0.05) is 6.07 Å². The summed E-state index contributed by atoms with van der Waals surface area (Å²) in [4.78, 5) is 21.0. The third-order valence-electron chi connectivity index (χ3n) is 3.12. The number of aliphatic carboxylic acids is 1. The zero-order valence-corrected chi connectivity index (χ0v) is 10.9. The highest BCUT2D eigenvalue weighted by atomic mass is 19.1. The molecule has 1 atom stereocenters. The Morgan fingerprint density at radius 1 is 1.53 bits per heavy atom. The maximum atomic E-state index is 13.5. The fourth-order valence-corrected chi connectivity index (χ4v) is 2.08. The van der Waals surface area contributed by atoms with Crippen LogP contribution >= 0.6 is 0 Å². The molecule has 6 heteroatoms. The molecule has 0 saturated carbocycles. The van der Waals surface area contributed by atoms with Crippen molar-refractivity contribution in [2.45, 2.75) is 33.1 Å². The third kappa shape index (κ3) is 3.49. The molecule has 1 unspecified atom stereocenters. The minimum absolute atomic E-state index is 0.144. The van der Waals surface area contributed by atoms with E-state index in [-0.39, 0.29) is 6.42 Å². The molecule has 0 fully saturated rings. The SMILES string of the molecule is CCCC(C)(Cc1ccc([N+](=O)[O-])c(F)c1)C(=O)O. The van der Waals surface area contributed by atoms with Gasteiger partial charge in [-0.25, -0.2) is 0 Å². The molecular formula is C13H16FNO4. The first kappa shape index (κ1) is 15.1. The number of carboxylic acids is 1. The van der Waals surface area contributed by atoms with Crippen LogP contribution in [0.25, 0.3) is 0 Å². The van der Waals surface area contributed by atoms with E-state index < -0.39 is 27.8 Å². The van der Waals surface area contributed by atoms with E-state index in [4.69, 9.17) is 0 Å². The van der Waals surface area contributed by atoms with Crippen molar-refractivity contribution in [1.82, 2.24) is 0 Å². The van der Waals surface area contributed by atoms with E-state index in [1.54, 1.807) is 6.92 Å². The fraction of sp³-hybridized carbons (Fsp3) is 0.462. The number of hydrogen-bond acceptors (Lipinski definition) is 3. The summed E-state index contributed by atoms with van der Waals surface area (Å²) < 4.78 is 13.5. The van der Waals surface area contributed by atoms with Crippen LogP contribution in [0.3, 0.4) is 0 Å². The Kier molecular flexibility index (Phi) is 4.58.